The Kier molecular flexibility index (Phi) is 0.978. The number of carbonyl (C=O) groups is 1. The van der Waals surface area contributed by atoms with Crippen LogP contribution in [-0.2, 0) is 4.79 Å². The molecule has 44 valence electrons. The Morgan fingerprint density at radius 2 is 2.25 bits per heavy atom. The molecule has 0 aromatic carbocycles. The lowest BCUT2D eigenvalue weighted by molar-refractivity contribution is -0.124. The summed E-state index contributed by atoms with van der Waals surface area (Å²) in [5.41, 5.74) is -0.998. The zero-order chi connectivity index (χ0) is 6.20. The molecule has 1 aliphatic rings. The van der Waals surface area contributed by atoms with E-state index in [1.165, 1.54) is 6.08 Å². The molecular formula is C6H8O2. The summed E-state index contributed by atoms with van der Waals surface area (Å²) in [6.07, 6.45) is 2.39. The number of ketones is 1. The van der Waals surface area contributed by atoms with Crippen LogP contribution in [0.15, 0.2) is 12.7 Å². The van der Waals surface area contributed by atoms with Crippen molar-refractivity contribution in [3.63, 3.8) is 0 Å². The number of aliphatic hydroxyl groups is 1. The monoisotopic (exact) mass is 112 g/mol. The van der Waals surface area contributed by atoms with Gasteiger partial charge in [0.1, 0.15) is 5.60 Å². The standard InChI is InChI=1S/C6H8O2/c1-2-5(7)6(8)3-4-6/h2,8H,1,3-4H2. The maximum absolute atomic E-state index is 10.5. The van der Waals surface area contributed by atoms with Crippen LogP contribution in [0.5, 0.6) is 0 Å². The molecule has 0 amide bonds. The van der Waals surface area contributed by atoms with Gasteiger partial charge in [0.05, 0.1) is 0 Å². The number of hydrogen-bond donors (Lipinski definition) is 1. The average Bonchev–Trinajstić information content (AvgIpc) is 2.47. The third-order valence-corrected chi connectivity index (χ3v) is 1.37. The van der Waals surface area contributed by atoms with Crippen molar-refractivity contribution < 1.29 is 9.90 Å². The van der Waals surface area contributed by atoms with Gasteiger partial charge in [0.2, 0.25) is 0 Å². The third kappa shape index (κ3) is 0.670. The van der Waals surface area contributed by atoms with E-state index in [2.05, 4.69) is 6.58 Å². The maximum Gasteiger partial charge on any atom is 0.186 e. The predicted octanol–water partition coefficient (Wildman–Crippen LogP) is 0.266. The molecule has 0 aliphatic heterocycles. The number of rotatable bonds is 2. The lowest BCUT2D eigenvalue weighted by Crippen LogP contribution is -2.18. The molecule has 0 bridgehead atoms. The SMILES string of the molecule is C=CC(=O)C1(O)CC1. The van der Waals surface area contributed by atoms with E-state index in [4.69, 9.17) is 5.11 Å². The van der Waals surface area contributed by atoms with Crippen LogP contribution in [-0.4, -0.2) is 16.5 Å². The largest absolute Gasteiger partial charge is 0.382 e. The molecule has 1 aliphatic carbocycles. The molecule has 0 aromatic heterocycles. The van der Waals surface area contributed by atoms with Crippen molar-refractivity contribution in [2.45, 2.75) is 18.4 Å². The van der Waals surface area contributed by atoms with Crippen molar-refractivity contribution in [1.82, 2.24) is 0 Å². The fourth-order valence-electron chi connectivity index (χ4n) is 0.555. The maximum atomic E-state index is 10.5. The first-order chi connectivity index (χ1) is 3.69. The van der Waals surface area contributed by atoms with E-state index in [1.807, 2.05) is 0 Å². The van der Waals surface area contributed by atoms with E-state index in [9.17, 15) is 4.79 Å². The van der Waals surface area contributed by atoms with Gasteiger partial charge in [-0.3, -0.25) is 4.79 Å². The van der Waals surface area contributed by atoms with Gasteiger partial charge in [-0.1, -0.05) is 6.58 Å². The Morgan fingerprint density at radius 1 is 1.75 bits per heavy atom. The molecule has 8 heavy (non-hydrogen) atoms. The molecular weight excluding hydrogens is 104 g/mol. The lowest BCUT2D eigenvalue weighted by Gasteiger charge is -1.97. The van der Waals surface area contributed by atoms with Crippen molar-refractivity contribution in [3.05, 3.63) is 12.7 Å². The summed E-state index contributed by atoms with van der Waals surface area (Å²) in [7, 11) is 0. The lowest BCUT2D eigenvalue weighted by atomic mass is 10.2. The highest BCUT2D eigenvalue weighted by molar-refractivity contribution is 5.98. The number of hydrogen-bond acceptors (Lipinski definition) is 2. The van der Waals surface area contributed by atoms with Crippen LogP contribution in [0, 0.1) is 0 Å². The second kappa shape index (κ2) is 1.42. The summed E-state index contributed by atoms with van der Waals surface area (Å²) in [5.74, 6) is -0.238. The summed E-state index contributed by atoms with van der Waals surface area (Å²) in [4.78, 5) is 10.5. The van der Waals surface area contributed by atoms with Gasteiger partial charge in [0, 0.05) is 0 Å². The summed E-state index contributed by atoms with van der Waals surface area (Å²) >= 11 is 0. The Morgan fingerprint density at radius 3 is 2.38 bits per heavy atom. The normalized spacial score (nSPS) is 22.1. The minimum absolute atomic E-state index is 0.238. The van der Waals surface area contributed by atoms with Crippen LogP contribution in [0.1, 0.15) is 12.8 Å². The molecule has 0 saturated heterocycles. The van der Waals surface area contributed by atoms with Crippen LogP contribution in [0.4, 0.5) is 0 Å². The molecule has 1 fully saturated rings. The molecule has 2 nitrogen and oxygen atoms in total. The fraction of sp³-hybridized carbons (Fsp3) is 0.500. The average molecular weight is 112 g/mol. The molecule has 1 saturated carbocycles. The molecule has 0 unspecified atom stereocenters. The van der Waals surface area contributed by atoms with Crippen molar-refractivity contribution in [2.75, 3.05) is 0 Å². The Hall–Kier alpha value is -0.630. The van der Waals surface area contributed by atoms with Gasteiger partial charge >= 0.3 is 0 Å². The minimum Gasteiger partial charge on any atom is -0.382 e. The molecule has 0 radical (unpaired) electrons. The van der Waals surface area contributed by atoms with Gasteiger partial charge in [0.25, 0.3) is 0 Å². The Bertz CT molecular complexity index is 133. The van der Waals surface area contributed by atoms with E-state index >= 15 is 0 Å². The van der Waals surface area contributed by atoms with Crippen LogP contribution >= 0.6 is 0 Å². The van der Waals surface area contributed by atoms with Crippen molar-refractivity contribution >= 4 is 5.78 Å². The summed E-state index contributed by atoms with van der Waals surface area (Å²) in [5, 5.41) is 8.98. The van der Waals surface area contributed by atoms with Crippen LogP contribution < -0.4 is 0 Å². The molecule has 0 spiro atoms. The van der Waals surface area contributed by atoms with Crippen LogP contribution in [0.3, 0.4) is 0 Å². The van der Waals surface area contributed by atoms with Gasteiger partial charge in [-0.05, 0) is 18.9 Å². The van der Waals surface area contributed by atoms with E-state index in [-0.39, 0.29) is 5.78 Å². The smallest absolute Gasteiger partial charge is 0.186 e. The van der Waals surface area contributed by atoms with E-state index in [1.54, 1.807) is 0 Å². The van der Waals surface area contributed by atoms with Crippen molar-refractivity contribution in [1.29, 1.82) is 0 Å². The molecule has 1 rings (SSSR count). The fourth-order valence-corrected chi connectivity index (χ4v) is 0.555. The van der Waals surface area contributed by atoms with Crippen LogP contribution in [0.2, 0.25) is 0 Å². The van der Waals surface area contributed by atoms with Gasteiger partial charge < -0.3 is 5.11 Å². The van der Waals surface area contributed by atoms with Crippen LogP contribution in [0.25, 0.3) is 0 Å². The zero-order valence-corrected chi connectivity index (χ0v) is 4.55. The zero-order valence-electron chi connectivity index (χ0n) is 4.55. The summed E-state index contributed by atoms with van der Waals surface area (Å²) < 4.78 is 0. The van der Waals surface area contributed by atoms with E-state index < -0.39 is 5.60 Å². The molecule has 0 aromatic rings. The first-order valence-corrected chi connectivity index (χ1v) is 2.58. The van der Waals surface area contributed by atoms with E-state index in [0.29, 0.717) is 12.8 Å². The molecule has 2 heteroatoms. The first kappa shape index (κ1) is 5.51. The van der Waals surface area contributed by atoms with Gasteiger partial charge in [0.15, 0.2) is 5.78 Å². The second-order valence-electron chi connectivity index (χ2n) is 2.10. The van der Waals surface area contributed by atoms with Gasteiger partial charge in [-0.2, -0.15) is 0 Å². The highest BCUT2D eigenvalue weighted by atomic mass is 16.3. The highest BCUT2D eigenvalue weighted by Crippen LogP contribution is 2.35. The highest BCUT2D eigenvalue weighted by Gasteiger charge is 2.45. The van der Waals surface area contributed by atoms with Gasteiger partial charge in [-0.15, -0.1) is 0 Å². The number of carbonyl (C=O) groups excluding carboxylic acids is 1. The predicted molar refractivity (Wildman–Crippen MR) is 29.4 cm³/mol. The Balaban J connectivity index is 2.58. The Labute approximate surface area is 47.8 Å². The molecule has 0 heterocycles. The van der Waals surface area contributed by atoms with Gasteiger partial charge in [-0.25, -0.2) is 0 Å². The first-order valence-electron chi connectivity index (χ1n) is 2.58. The quantitative estimate of drug-likeness (QED) is 0.520. The third-order valence-electron chi connectivity index (χ3n) is 1.37. The molecule has 1 N–H and O–H groups in total. The van der Waals surface area contributed by atoms with Crippen molar-refractivity contribution in [2.24, 2.45) is 0 Å². The molecule has 0 atom stereocenters. The summed E-state index contributed by atoms with van der Waals surface area (Å²) in [6, 6.07) is 0. The van der Waals surface area contributed by atoms with E-state index in [0.717, 1.165) is 0 Å². The minimum atomic E-state index is -0.998. The topological polar surface area (TPSA) is 37.3 Å². The van der Waals surface area contributed by atoms with Crippen molar-refractivity contribution in [3.8, 4) is 0 Å². The second-order valence-corrected chi connectivity index (χ2v) is 2.10. The summed E-state index contributed by atoms with van der Waals surface area (Å²) in [6.45, 7) is 3.26.